The quantitative estimate of drug-likeness (QED) is 0.0604. The molecule has 2 aromatic carbocycles. The van der Waals surface area contributed by atoms with E-state index in [9.17, 15) is 5.53 Å². The summed E-state index contributed by atoms with van der Waals surface area (Å²) < 4.78 is 1.51. The van der Waals surface area contributed by atoms with Gasteiger partial charge in [0.15, 0.2) is 0 Å². The third kappa shape index (κ3) is 14.9. The van der Waals surface area contributed by atoms with E-state index in [0.29, 0.717) is 0 Å². The highest BCUT2D eigenvalue weighted by Crippen LogP contribution is 2.43. The molecule has 276 valence electrons. The van der Waals surface area contributed by atoms with Gasteiger partial charge in [0, 0.05) is 16.7 Å². The predicted molar refractivity (Wildman–Crippen MR) is 220 cm³/mol. The van der Waals surface area contributed by atoms with E-state index in [0.717, 1.165) is 61.0 Å². The molecule has 2 nitrogen and oxygen atoms in total. The molecule has 1 aliphatic heterocycles. The molecule has 2 aromatic rings. The Kier molecular flexibility index (Phi) is 21.8. The van der Waals surface area contributed by atoms with E-state index in [1.165, 1.54) is 155 Å². The van der Waals surface area contributed by atoms with Gasteiger partial charge in [-0.3, -0.25) is 0 Å². The monoisotopic (exact) mass is 679 g/mol. The first-order chi connectivity index (χ1) is 24.6. The Bertz CT molecular complexity index is 1330. The fourth-order valence-corrected chi connectivity index (χ4v) is 7.58. The van der Waals surface area contributed by atoms with Crippen LogP contribution >= 0.6 is 0 Å². The van der Waals surface area contributed by atoms with Gasteiger partial charge in [0.2, 0.25) is 11.4 Å². The van der Waals surface area contributed by atoms with Crippen molar-refractivity contribution in [2.24, 2.45) is 0 Å². The summed E-state index contributed by atoms with van der Waals surface area (Å²) in [5.74, 6) is 0. The molecule has 0 spiro atoms. The molecular formula is C48H74N2. The molecule has 2 heteroatoms. The normalized spacial score (nSPS) is 13.5. The Hall–Kier alpha value is -2.74. The zero-order valence-corrected chi connectivity index (χ0v) is 33.1. The third-order valence-electron chi connectivity index (χ3n) is 10.8. The van der Waals surface area contributed by atoms with Crippen molar-refractivity contribution < 1.29 is 4.70 Å². The Morgan fingerprint density at radius 2 is 0.920 bits per heavy atom. The van der Waals surface area contributed by atoms with E-state index in [4.69, 9.17) is 0 Å². The molecule has 0 saturated heterocycles. The van der Waals surface area contributed by atoms with Crippen molar-refractivity contribution in [2.45, 2.75) is 195 Å². The van der Waals surface area contributed by atoms with Crippen molar-refractivity contribution in [2.75, 3.05) is 0 Å². The number of hydrogen-bond donors (Lipinski definition) is 0. The maximum Gasteiger partial charge on any atom is 0.215 e. The smallest absolute Gasteiger partial charge is 0.215 e. The number of rotatable bonds is 29. The van der Waals surface area contributed by atoms with Crippen LogP contribution < -0.4 is 0 Å². The molecule has 0 fully saturated rings. The largest absolute Gasteiger partial charge is 0.493 e. The van der Waals surface area contributed by atoms with Gasteiger partial charge in [0.25, 0.3) is 0 Å². The van der Waals surface area contributed by atoms with Gasteiger partial charge in [-0.05, 0) is 73.9 Å². The average Bonchev–Trinajstić information content (AvgIpc) is 3.42. The number of nitrogens with zero attached hydrogens (tertiary/aromatic N) is 2. The zero-order chi connectivity index (χ0) is 35.7. The topological polar surface area (TPSA) is 25.3 Å². The molecule has 50 heavy (non-hydrogen) atoms. The van der Waals surface area contributed by atoms with Gasteiger partial charge < -0.3 is 5.53 Å². The first-order valence-corrected chi connectivity index (χ1v) is 21.5. The van der Waals surface area contributed by atoms with Crippen LogP contribution in [-0.2, 0) is 12.8 Å². The lowest BCUT2D eigenvalue weighted by atomic mass is 9.94. The molecule has 0 aliphatic carbocycles. The molecule has 0 unspecified atom stereocenters. The van der Waals surface area contributed by atoms with Gasteiger partial charge in [0.1, 0.15) is 0 Å². The second kappa shape index (κ2) is 26.1. The Morgan fingerprint density at radius 3 is 1.36 bits per heavy atom. The fraction of sp³-hybridized carbons (Fsp3) is 0.625. The van der Waals surface area contributed by atoms with E-state index in [-0.39, 0.29) is 0 Å². The Balaban J connectivity index is 1.42. The summed E-state index contributed by atoms with van der Waals surface area (Å²) in [5.41, 5.74) is 21.1. The van der Waals surface area contributed by atoms with Crippen LogP contribution in [0.3, 0.4) is 0 Å². The first kappa shape index (κ1) is 41.7. The molecule has 3 rings (SSSR count). The van der Waals surface area contributed by atoms with Crippen molar-refractivity contribution >= 4 is 11.4 Å². The molecule has 0 amide bonds. The number of hydrogen-bond acceptors (Lipinski definition) is 0. The van der Waals surface area contributed by atoms with Gasteiger partial charge in [-0.1, -0.05) is 193 Å². The number of benzene rings is 2. The van der Waals surface area contributed by atoms with Gasteiger partial charge in [-0.15, -0.1) is 0 Å². The molecule has 0 saturated carbocycles. The van der Waals surface area contributed by atoms with Crippen molar-refractivity contribution in [3.63, 3.8) is 0 Å². The maximum absolute atomic E-state index is 11.9. The lowest BCUT2D eigenvalue weighted by Gasteiger charge is -2.11. The Morgan fingerprint density at radius 1 is 0.500 bits per heavy atom. The molecule has 1 aliphatic rings. The molecule has 0 N–H and O–H groups in total. The summed E-state index contributed by atoms with van der Waals surface area (Å²) in [4.78, 5) is 0. The van der Waals surface area contributed by atoms with Gasteiger partial charge in [-0.25, -0.2) is 4.70 Å². The highest BCUT2D eigenvalue weighted by atomic mass is 15.2. The lowest BCUT2D eigenvalue weighted by molar-refractivity contribution is -0.345. The van der Waals surface area contributed by atoms with Crippen LogP contribution in [0.4, 0.5) is 0 Å². The summed E-state index contributed by atoms with van der Waals surface area (Å²) in [6.07, 6.45) is 39.3. The van der Waals surface area contributed by atoms with E-state index in [1.54, 1.807) is 0 Å². The van der Waals surface area contributed by atoms with Gasteiger partial charge in [-0.2, -0.15) is 0 Å². The Labute approximate surface area is 309 Å². The van der Waals surface area contributed by atoms with Crippen LogP contribution in [0, 0.1) is 0 Å². The highest BCUT2D eigenvalue weighted by Gasteiger charge is 2.34. The fourth-order valence-electron chi connectivity index (χ4n) is 7.58. The van der Waals surface area contributed by atoms with Crippen LogP contribution in [0.2, 0.25) is 0 Å². The van der Waals surface area contributed by atoms with Crippen LogP contribution in [0.1, 0.15) is 204 Å². The molecule has 0 bridgehead atoms. The summed E-state index contributed by atoms with van der Waals surface area (Å²) in [6.45, 7) is 8.96. The van der Waals surface area contributed by atoms with Crippen LogP contribution in [0.5, 0.6) is 0 Å². The van der Waals surface area contributed by atoms with Crippen molar-refractivity contribution in [3.05, 3.63) is 99.6 Å². The van der Waals surface area contributed by atoms with Crippen LogP contribution in [0.25, 0.3) is 16.9 Å². The van der Waals surface area contributed by atoms with Gasteiger partial charge in [0.05, 0.1) is 5.57 Å². The van der Waals surface area contributed by atoms with E-state index < -0.39 is 0 Å². The molecule has 0 aromatic heterocycles. The summed E-state index contributed by atoms with van der Waals surface area (Å²) in [6, 6.07) is 17.5. The number of allylic oxidation sites excluding steroid dienone is 4. The highest BCUT2D eigenvalue weighted by molar-refractivity contribution is 5.84. The summed E-state index contributed by atoms with van der Waals surface area (Å²) in [7, 11) is 0. The number of unbranched alkanes of at least 4 members (excludes halogenated alkanes) is 21. The first-order valence-electron chi connectivity index (χ1n) is 21.5. The minimum atomic E-state index is 0.933. The van der Waals surface area contributed by atoms with Crippen LogP contribution in [-0.4, -0.2) is 4.70 Å². The maximum atomic E-state index is 11.9. The summed E-state index contributed by atoms with van der Waals surface area (Å²) in [5, 5.41) is 0. The molecule has 0 atom stereocenters. The SMILES string of the molecule is CCCCCCCCCCCCCCCCCCCCCCC=CC1=C(c2cccc(CC)c2)[N+](=[N-])C(c2cccc(CC)c2)=C1CCCC. The second-order valence-electron chi connectivity index (χ2n) is 15.0. The van der Waals surface area contributed by atoms with E-state index >= 15 is 0 Å². The minimum absolute atomic E-state index is 0.933. The van der Waals surface area contributed by atoms with Crippen molar-refractivity contribution in [1.82, 2.24) is 0 Å². The standard InChI is InChI=1S/C48H74N2/c1-5-9-11-12-13-14-15-16-17-18-19-20-21-22-23-24-25-26-27-28-29-30-38-46-45(37-10-6-2)47(43-35-31-33-41(7-3)39-43)50(49)48(46)44-36-32-34-42(8-4)40-44/h30-36,38-40H,5-29,37H2,1-4H3. The molecule has 1 heterocycles. The van der Waals surface area contributed by atoms with Gasteiger partial charge >= 0.3 is 0 Å². The minimum Gasteiger partial charge on any atom is -0.493 e. The van der Waals surface area contributed by atoms with E-state index in [2.05, 4.69) is 88.4 Å². The van der Waals surface area contributed by atoms with Crippen molar-refractivity contribution in [3.8, 4) is 0 Å². The molecular weight excluding hydrogens is 605 g/mol. The third-order valence-corrected chi connectivity index (χ3v) is 10.8. The number of aryl methyl sites for hydroxylation is 2. The van der Waals surface area contributed by atoms with Crippen LogP contribution in [0.15, 0.2) is 71.8 Å². The summed E-state index contributed by atoms with van der Waals surface area (Å²) >= 11 is 0. The predicted octanol–water partition coefficient (Wildman–Crippen LogP) is 15.9. The molecule has 0 radical (unpaired) electrons. The zero-order valence-electron chi connectivity index (χ0n) is 33.1. The van der Waals surface area contributed by atoms with Crippen molar-refractivity contribution in [1.29, 1.82) is 0 Å². The lowest BCUT2D eigenvalue weighted by Crippen LogP contribution is -2.03. The average molecular weight is 679 g/mol. The second-order valence-corrected chi connectivity index (χ2v) is 15.0. The van der Waals surface area contributed by atoms with E-state index in [1.807, 2.05) is 0 Å².